The van der Waals surface area contributed by atoms with Gasteiger partial charge in [0.1, 0.15) is 0 Å². The monoisotopic (exact) mass is 676 g/mol. The Morgan fingerprint density at radius 2 is 1.82 bits per heavy atom. The second-order valence-corrected chi connectivity index (χ2v) is 12.6. The first-order chi connectivity index (χ1) is 23.5. The minimum absolute atomic E-state index is 0.118. The van der Waals surface area contributed by atoms with E-state index < -0.39 is 0 Å². The summed E-state index contributed by atoms with van der Waals surface area (Å²) in [6.45, 7) is 14.8. The fourth-order valence-corrected chi connectivity index (χ4v) is 7.15. The standard InChI is InChI=1S/C38H40N6O4S/c1-8-23-19(3)26-15-28-21(5)25(11-12-32(45)48-7)35(42-28)34-36-33(37(46)44(38(34)47)14-10-13-39-18-49)22(6)29(43-36)17-31-24(9-2)20(4)27(41-31)16-30(23)40-26/h8,15-17,40-41,43,47H,1,9-14H2,2-7H3. The molecule has 0 saturated carbocycles. The summed E-state index contributed by atoms with van der Waals surface area (Å²) in [5.41, 5.74) is 10.9. The van der Waals surface area contributed by atoms with Crippen molar-refractivity contribution in [1.82, 2.24) is 19.5 Å². The fraction of sp³-hybridized carbons (Fsp3) is 0.316. The third-order valence-corrected chi connectivity index (χ3v) is 9.96. The molecule has 0 unspecified atom stereocenters. The number of carbonyl (C=O) groups excluding carboxylic acids is 1. The molecular weight excluding hydrogens is 637 g/mol. The van der Waals surface area contributed by atoms with Gasteiger partial charge in [0.25, 0.3) is 5.56 Å². The summed E-state index contributed by atoms with van der Waals surface area (Å²) in [6.07, 6.45) is 9.68. The number of hydrogen-bond donors (Lipinski definition) is 4. The molecule has 4 aromatic heterocycles. The predicted octanol–water partition coefficient (Wildman–Crippen LogP) is 5.40. The van der Waals surface area contributed by atoms with Gasteiger partial charge < -0.3 is 24.8 Å². The van der Waals surface area contributed by atoms with Gasteiger partial charge in [0.15, 0.2) is 0 Å². The van der Waals surface area contributed by atoms with Crippen LogP contribution in [0.2, 0.25) is 0 Å². The number of isothiocyanates is 1. The lowest BCUT2D eigenvalue weighted by atomic mass is 9.95. The quantitative estimate of drug-likeness (QED) is 0.0814. The average molecular weight is 677 g/mol. The summed E-state index contributed by atoms with van der Waals surface area (Å²) >= 11 is 4.73. The molecule has 2 aliphatic rings. The van der Waals surface area contributed by atoms with Gasteiger partial charge in [0, 0.05) is 46.3 Å². The van der Waals surface area contributed by atoms with E-state index in [4.69, 9.17) is 21.9 Å². The molecule has 0 aromatic carbocycles. The Bertz CT molecular complexity index is 2400. The number of esters is 1. The van der Waals surface area contributed by atoms with Gasteiger partial charge in [0.2, 0.25) is 5.88 Å². The van der Waals surface area contributed by atoms with Crippen molar-refractivity contribution in [1.29, 1.82) is 0 Å². The van der Waals surface area contributed by atoms with Gasteiger partial charge in [-0.05, 0) is 111 Å². The van der Waals surface area contributed by atoms with E-state index >= 15 is 0 Å². The average Bonchev–Trinajstić information content (AvgIpc) is 3.76. The third-order valence-electron chi connectivity index (χ3n) is 9.83. The van der Waals surface area contributed by atoms with Gasteiger partial charge in [-0.2, -0.15) is 0 Å². The van der Waals surface area contributed by atoms with Gasteiger partial charge >= 0.3 is 5.97 Å². The highest BCUT2D eigenvalue weighted by atomic mass is 32.1. The lowest BCUT2D eigenvalue weighted by Crippen LogP contribution is -2.24. The zero-order valence-electron chi connectivity index (χ0n) is 28.7. The number of rotatable bonds is 9. The molecule has 2 aliphatic heterocycles. The topological polar surface area (TPSA) is 141 Å². The smallest absolute Gasteiger partial charge is 0.305 e. The Kier molecular flexibility index (Phi) is 9.16. The molecule has 6 rings (SSSR count). The number of pyridine rings is 1. The fourth-order valence-electron chi connectivity index (χ4n) is 7.06. The van der Waals surface area contributed by atoms with Crippen LogP contribution in [0, 0.1) is 20.8 Å². The van der Waals surface area contributed by atoms with E-state index in [9.17, 15) is 14.7 Å². The second-order valence-electron chi connectivity index (χ2n) is 12.5. The van der Waals surface area contributed by atoms with Crippen LogP contribution in [0.5, 0.6) is 5.88 Å². The molecule has 10 nitrogen and oxygen atoms in total. The van der Waals surface area contributed by atoms with Crippen molar-refractivity contribution in [3.8, 4) is 5.88 Å². The number of aliphatic imine (C=N–C) groups is 2. The van der Waals surface area contributed by atoms with E-state index in [1.165, 1.54) is 11.7 Å². The van der Waals surface area contributed by atoms with Crippen molar-refractivity contribution in [3.63, 3.8) is 0 Å². The highest BCUT2D eigenvalue weighted by Crippen LogP contribution is 2.39. The molecule has 0 aliphatic carbocycles. The molecule has 0 radical (unpaired) electrons. The SMILES string of the molecule is C=Cc1c2[nH]c(c1C)C=C1N=C(C(CCC(=O)OC)=C1C)c1c(O)n(CCCN=C=S)c(=O)c3c(C)c([nH]c13)C=c1[nH]c(c(C)c1CC)=C2. The molecule has 252 valence electrons. The first-order valence-corrected chi connectivity index (χ1v) is 16.8. The van der Waals surface area contributed by atoms with Crippen LogP contribution in [-0.4, -0.2) is 55.1 Å². The van der Waals surface area contributed by atoms with Crippen molar-refractivity contribution in [2.24, 2.45) is 9.98 Å². The summed E-state index contributed by atoms with van der Waals surface area (Å²) in [6, 6.07) is 0. The number of allylic oxidation sites excluding steroid dienone is 2. The minimum atomic E-state index is -0.357. The molecule has 0 atom stereocenters. The number of nitrogens with zero attached hydrogens (tertiary/aromatic N) is 3. The number of thiocarbonyl (C=S) groups is 1. The molecule has 8 bridgehead atoms. The zero-order valence-corrected chi connectivity index (χ0v) is 29.5. The normalized spacial score (nSPS) is 13.6. The molecule has 4 aromatic rings. The lowest BCUT2D eigenvalue weighted by Gasteiger charge is -2.16. The van der Waals surface area contributed by atoms with Gasteiger partial charge in [0.05, 0.1) is 46.7 Å². The van der Waals surface area contributed by atoms with E-state index in [0.717, 1.165) is 73.2 Å². The summed E-state index contributed by atoms with van der Waals surface area (Å²) in [5, 5.41) is 16.7. The van der Waals surface area contributed by atoms with Crippen molar-refractivity contribution >= 4 is 64.3 Å². The summed E-state index contributed by atoms with van der Waals surface area (Å²) in [4.78, 5) is 46.5. The molecule has 49 heavy (non-hydrogen) atoms. The number of aromatic amines is 3. The van der Waals surface area contributed by atoms with Crippen LogP contribution in [0.1, 0.15) is 83.6 Å². The summed E-state index contributed by atoms with van der Waals surface area (Å²) in [5.74, 6) is -0.570. The molecule has 0 amide bonds. The predicted molar refractivity (Wildman–Crippen MR) is 199 cm³/mol. The number of methoxy groups -OCH3 is 1. The van der Waals surface area contributed by atoms with Crippen LogP contribution in [0.15, 0.2) is 38.2 Å². The third kappa shape index (κ3) is 5.68. The minimum Gasteiger partial charge on any atom is -0.494 e. The molecule has 11 heteroatoms. The first-order valence-electron chi connectivity index (χ1n) is 16.4. The Morgan fingerprint density at radius 3 is 2.51 bits per heavy atom. The summed E-state index contributed by atoms with van der Waals surface area (Å²) < 4.78 is 6.37. The summed E-state index contributed by atoms with van der Waals surface area (Å²) in [7, 11) is 1.36. The molecular formula is C38H40N6O4S. The van der Waals surface area contributed by atoms with E-state index in [-0.39, 0.29) is 30.4 Å². The number of aryl methyl sites for hydroxylation is 1. The van der Waals surface area contributed by atoms with Crippen LogP contribution in [0.25, 0.3) is 35.2 Å². The molecule has 0 fully saturated rings. The van der Waals surface area contributed by atoms with E-state index in [2.05, 4.69) is 51.6 Å². The maximum absolute atomic E-state index is 14.2. The number of aromatic nitrogens is 4. The maximum atomic E-state index is 14.2. The van der Waals surface area contributed by atoms with Crippen molar-refractivity contribution in [3.05, 3.63) is 94.9 Å². The highest BCUT2D eigenvalue weighted by molar-refractivity contribution is 7.78. The highest BCUT2D eigenvalue weighted by Gasteiger charge is 2.31. The molecule has 6 heterocycles. The van der Waals surface area contributed by atoms with Crippen LogP contribution in [-0.2, 0) is 22.5 Å². The number of aromatic hydroxyl groups is 1. The van der Waals surface area contributed by atoms with Gasteiger partial charge in [-0.1, -0.05) is 19.6 Å². The van der Waals surface area contributed by atoms with Crippen LogP contribution < -0.4 is 16.3 Å². The maximum Gasteiger partial charge on any atom is 0.305 e. The zero-order chi connectivity index (χ0) is 35.1. The van der Waals surface area contributed by atoms with Gasteiger partial charge in [-0.3, -0.25) is 14.2 Å². The number of carbonyl (C=O) groups is 1. The second kappa shape index (κ2) is 13.3. The van der Waals surface area contributed by atoms with Crippen molar-refractivity contribution in [2.75, 3.05) is 13.7 Å². The lowest BCUT2D eigenvalue weighted by molar-refractivity contribution is -0.140. The van der Waals surface area contributed by atoms with Crippen molar-refractivity contribution < 1.29 is 14.6 Å². The van der Waals surface area contributed by atoms with Gasteiger partial charge in [-0.25, -0.2) is 9.98 Å². The largest absolute Gasteiger partial charge is 0.494 e. The molecule has 4 N–H and O–H groups in total. The number of H-pyrrole nitrogens is 3. The first kappa shape index (κ1) is 33.6. The number of hydrogen-bond acceptors (Lipinski definition) is 7. The Hall–Kier alpha value is -5.25. The van der Waals surface area contributed by atoms with Crippen molar-refractivity contribution in [2.45, 2.75) is 66.8 Å². The molecule has 0 saturated heterocycles. The van der Waals surface area contributed by atoms with Crippen LogP contribution in [0.3, 0.4) is 0 Å². The molecule has 0 spiro atoms. The van der Waals surface area contributed by atoms with Crippen LogP contribution in [0.4, 0.5) is 0 Å². The van der Waals surface area contributed by atoms with E-state index in [1.807, 2.05) is 39.0 Å². The van der Waals surface area contributed by atoms with Gasteiger partial charge in [-0.15, -0.1) is 0 Å². The van der Waals surface area contributed by atoms with E-state index in [0.29, 0.717) is 47.3 Å². The Labute approximate surface area is 289 Å². The Morgan fingerprint density at radius 1 is 1.08 bits per heavy atom. The Balaban J connectivity index is 1.76. The van der Waals surface area contributed by atoms with E-state index in [1.54, 1.807) is 0 Å². The van der Waals surface area contributed by atoms with Crippen LogP contribution >= 0.6 is 12.2 Å². The number of nitrogens with one attached hydrogen (secondary N) is 3. The number of fused-ring (bicyclic) bond motifs is 7. The number of ether oxygens (including phenoxy) is 1.